The minimum absolute atomic E-state index is 0.137. The summed E-state index contributed by atoms with van der Waals surface area (Å²) in [6.07, 6.45) is 0.498. The Bertz CT molecular complexity index is 190. The van der Waals surface area contributed by atoms with Gasteiger partial charge in [0, 0.05) is 13.0 Å². The van der Waals surface area contributed by atoms with Gasteiger partial charge in [0.25, 0.3) is 0 Å². The second-order valence-corrected chi connectivity index (χ2v) is 2.77. The van der Waals surface area contributed by atoms with E-state index in [9.17, 15) is 9.59 Å². The van der Waals surface area contributed by atoms with Gasteiger partial charge in [-0.3, -0.25) is 14.5 Å². The molecule has 4 nitrogen and oxygen atoms in total. The Morgan fingerprint density at radius 2 is 2.36 bits per heavy atom. The van der Waals surface area contributed by atoms with Crippen LogP contribution in [0.15, 0.2) is 0 Å². The molecule has 0 saturated carbocycles. The minimum atomic E-state index is -0.861. The van der Waals surface area contributed by atoms with Crippen LogP contribution in [0, 0.1) is 0 Å². The van der Waals surface area contributed by atoms with Crippen LogP contribution in [0.3, 0.4) is 0 Å². The van der Waals surface area contributed by atoms with Crippen LogP contribution in [0.4, 0.5) is 0 Å². The summed E-state index contributed by atoms with van der Waals surface area (Å²) in [6.45, 7) is 2.49. The molecule has 0 aromatic rings. The molecule has 0 bridgehead atoms. The number of hydrogen-bond donors (Lipinski definition) is 1. The van der Waals surface area contributed by atoms with E-state index in [1.54, 1.807) is 11.8 Å². The zero-order valence-corrected chi connectivity index (χ0v) is 6.41. The third kappa shape index (κ3) is 1.77. The van der Waals surface area contributed by atoms with Gasteiger partial charge in [0.05, 0.1) is 6.54 Å². The molecule has 0 aromatic heterocycles. The second kappa shape index (κ2) is 3.00. The normalized spacial score (nSPS) is 22.1. The number of Topliss-reactive ketones (excluding diaryl/α,β-unsaturated/α-hetero) is 1. The van der Waals surface area contributed by atoms with Crippen molar-refractivity contribution in [2.45, 2.75) is 19.4 Å². The fourth-order valence-electron chi connectivity index (χ4n) is 1.14. The molecule has 11 heavy (non-hydrogen) atoms. The molecule has 0 radical (unpaired) electrons. The molecular weight excluding hydrogens is 146 g/mol. The number of carboxylic acids is 1. The highest BCUT2D eigenvalue weighted by molar-refractivity contribution is 5.84. The molecule has 1 atom stereocenters. The van der Waals surface area contributed by atoms with Gasteiger partial charge in [0.2, 0.25) is 0 Å². The lowest BCUT2D eigenvalue weighted by molar-refractivity contribution is -0.142. The summed E-state index contributed by atoms with van der Waals surface area (Å²) in [4.78, 5) is 22.9. The van der Waals surface area contributed by atoms with Crippen LogP contribution in [0.5, 0.6) is 0 Å². The van der Waals surface area contributed by atoms with Crippen LogP contribution in [0.2, 0.25) is 0 Å². The third-order valence-electron chi connectivity index (χ3n) is 1.96. The maximum absolute atomic E-state index is 10.7. The van der Waals surface area contributed by atoms with Crippen molar-refractivity contribution in [3.63, 3.8) is 0 Å². The third-order valence-corrected chi connectivity index (χ3v) is 1.96. The van der Waals surface area contributed by atoms with Crippen LogP contribution in [-0.2, 0) is 9.59 Å². The highest BCUT2D eigenvalue weighted by atomic mass is 16.4. The van der Waals surface area contributed by atoms with Gasteiger partial charge in [-0.05, 0) is 6.92 Å². The zero-order chi connectivity index (χ0) is 8.43. The average Bonchev–Trinajstić information content (AvgIpc) is 2.34. The summed E-state index contributed by atoms with van der Waals surface area (Å²) in [7, 11) is 0. The molecule has 1 aliphatic rings. The molecule has 0 aromatic carbocycles. The molecule has 4 heteroatoms. The molecule has 0 spiro atoms. The van der Waals surface area contributed by atoms with E-state index in [-0.39, 0.29) is 5.78 Å². The number of nitrogens with zero attached hydrogens (tertiary/aromatic N) is 1. The Morgan fingerprint density at radius 3 is 2.73 bits per heavy atom. The van der Waals surface area contributed by atoms with E-state index in [0.717, 1.165) is 0 Å². The quantitative estimate of drug-likeness (QED) is 0.599. The number of likely N-dealkylation sites (tertiary alicyclic amines) is 1. The predicted octanol–water partition coefficient (Wildman–Crippen LogP) is -0.266. The maximum Gasteiger partial charge on any atom is 0.320 e. The van der Waals surface area contributed by atoms with E-state index in [0.29, 0.717) is 19.5 Å². The molecule has 62 valence electrons. The van der Waals surface area contributed by atoms with E-state index < -0.39 is 12.0 Å². The molecule has 1 unspecified atom stereocenters. The lowest BCUT2D eigenvalue weighted by atomic mass is 10.3. The van der Waals surface area contributed by atoms with Gasteiger partial charge in [-0.1, -0.05) is 0 Å². The Kier molecular flexibility index (Phi) is 2.24. The smallest absolute Gasteiger partial charge is 0.320 e. The minimum Gasteiger partial charge on any atom is -0.480 e. The number of carbonyl (C=O) groups is 2. The van der Waals surface area contributed by atoms with E-state index in [1.807, 2.05) is 0 Å². The van der Waals surface area contributed by atoms with Crippen molar-refractivity contribution in [2.75, 3.05) is 13.1 Å². The summed E-state index contributed by atoms with van der Waals surface area (Å²) in [5.74, 6) is -0.724. The fourth-order valence-corrected chi connectivity index (χ4v) is 1.14. The standard InChI is InChI=1S/C7H11NO3/c1-5(7(10)11)8-3-2-6(9)4-8/h5H,2-4H2,1H3,(H,10,11). The van der Waals surface area contributed by atoms with Gasteiger partial charge >= 0.3 is 5.97 Å². The molecular formula is C7H11NO3. The number of carbonyl (C=O) groups excluding carboxylic acids is 1. The highest BCUT2D eigenvalue weighted by Gasteiger charge is 2.27. The Balaban J connectivity index is 2.49. The van der Waals surface area contributed by atoms with E-state index in [4.69, 9.17) is 5.11 Å². The second-order valence-electron chi connectivity index (χ2n) is 2.77. The molecule has 1 aliphatic heterocycles. The first-order valence-electron chi connectivity index (χ1n) is 3.60. The van der Waals surface area contributed by atoms with Crippen molar-refractivity contribution in [3.05, 3.63) is 0 Å². The van der Waals surface area contributed by atoms with E-state index in [1.165, 1.54) is 0 Å². The summed E-state index contributed by atoms with van der Waals surface area (Å²) in [5, 5.41) is 8.58. The maximum atomic E-state index is 10.7. The molecule has 1 fully saturated rings. The summed E-state index contributed by atoms with van der Waals surface area (Å²) in [5.41, 5.74) is 0. The van der Waals surface area contributed by atoms with Crippen molar-refractivity contribution in [3.8, 4) is 0 Å². The van der Waals surface area contributed by atoms with Gasteiger partial charge in [0.1, 0.15) is 11.8 Å². The lowest BCUT2D eigenvalue weighted by Gasteiger charge is -2.17. The molecule has 1 N–H and O–H groups in total. The summed E-state index contributed by atoms with van der Waals surface area (Å²) < 4.78 is 0. The molecule has 0 aliphatic carbocycles. The van der Waals surface area contributed by atoms with E-state index in [2.05, 4.69) is 0 Å². The number of carboxylic acid groups (broad SMARTS) is 1. The lowest BCUT2D eigenvalue weighted by Crippen LogP contribution is -2.37. The van der Waals surface area contributed by atoms with Gasteiger partial charge in [-0.2, -0.15) is 0 Å². The van der Waals surface area contributed by atoms with Crippen LogP contribution >= 0.6 is 0 Å². The first-order valence-corrected chi connectivity index (χ1v) is 3.60. The van der Waals surface area contributed by atoms with Gasteiger partial charge in [-0.25, -0.2) is 0 Å². The Labute approximate surface area is 64.8 Å². The first kappa shape index (κ1) is 8.20. The molecule has 1 saturated heterocycles. The van der Waals surface area contributed by atoms with Crippen LogP contribution in [0.1, 0.15) is 13.3 Å². The zero-order valence-electron chi connectivity index (χ0n) is 6.41. The number of rotatable bonds is 2. The van der Waals surface area contributed by atoms with Gasteiger partial charge < -0.3 is 5.11 Å². The summed E-state index contributed by atoms with van der Waals surface area (Å²) in [6, 6.07) is -0.526. The number of aliphatic carboxylic acids is 1. The van der Waals surface area contributed by atoms with Crippen molar-refractivity contribution < 1.29 is 14.7 Å². The predicted molar refractivity (Wildman–Crippen MR) is 38.3 cm³/mol. The molecule has 1 rings (SSSR count). The van der Waals surface area contributed by atoms with Crippen molar-refractivity contribution in [2.24, 2.45) is 0 Å². The van der Waals surface area contributed by atoms with E-state index >= 15 is 0 Å². The SMILES string of the molecule is CC(C(=O)O)N1CCC(=O)C1. The largest absolute Gasteiger partial charge is 0.480 e. The fraction of sp³-hybridized carbons (Fsp3) is 0.714. The van der Waals surface area contributed by atoms with Crippen LogP contribution < -0.4 is 0 Å². The number of hydrogen-bond acceptors (Lipinski definition) is 3. The first-order chi connectivity index (χ1) is 5.11. The van der Waals surface area contributed by atoms with Gasteiger partial charge in [0.15, 0.2) is 0 Å². The summed E-state index contributed by atoms with van der Waals surface area (Å²) >= 11 is 0. The molecule has 0 amide bonds. The number of ketones is 1. The Morgan fingerprint density at radius 1 is 1.73 bits per heavy atom. The van der Waals surface area contributed by atoms with Gasteiger partial charge in [-0.15, -0.1) is 0 Å². The molecule has 1 heterocycles. The topological polar surface area (TPSA) is 57.6 Å². The average molecular weight is 157 g/mol. The monoisotopic (exact) mass is 157 g/mol. The van der Waals surface area contributed by atoms with Crippen molar-refractivity contribution in [1.29, 1.82) is 0 Å². The van der Waals surface area contributed by atoms with Crippen molar-refractivity contribution >= 4 is 11.8 Å². The van der Waals surface area contributed by atoms with Crippen LogP contribution in [-0.4, -0.2) is 40.9 Å². The van der Waals surface area contributed by atoms with Crippen LogP contribution in [0.25, 0.3) is 0 Å². The van der Waals surface area contributed by atoms with Crippen molar-refractivity contribution in [1.82, 2.24) is 4.90 Å². The highest BCUT2D eigenvalue weighted by Crippen LogP contribution is 2.08. The Hall–Kier alpha value is -0.900.